The Balaban J connectivity index is 2.54. The zero-order valence-corrected chi connectivity index (χ0v) is 10.9. The topological polar surface area (TPSA) is 17.1 Å². The molecule has 0 radical (unpaired) electrons. The highest BCUT2D eigenvalue weighted by molar-refractivity contribution is 9.10. The lowest BCUT2D eigenvalue weighted by atomic mass is 10.2. The first-order valence-electron chi connectivity index (χ1n) is 4.25. The van der Waals surface area contributed by atoms with Crippen LogP contribution in [0.15, 0.2) is 49.9 Å². The molecule has 0 aliphatic heterocycles. The quantitative estimate of drug-likeness (QED) is 0.792. The Morgan fingerprint density at radius 2 is 1.80 bits per heavy atom. The summed E-state index contributed by atoms with van der Waals surface area (Å²) in [7, 11) is 0. The molecule has 0 fully saturated rings. The summed E-state index contributed by atoms with van der Waals surface area (Å²) in [5.41, 5.74) is 1.04. The molecular formula is C11H7BrOS2. The third kappa shape index (κ3) is 2.71. The Morgan fingerprint density at radius 1 is 1.13 bits per heavy atom. The maximum Gasteiger partial charge on any atom is 0.181 e. The van der Waals surface area contributed by atoms with Gasteiger partial charge in [-0.2, -0.15) is 0 Å². The lowest BCUT2D eigenvalue weighted by Crippen LogP contribution is -1.95. The smallest absolute Gasteiger partial charge is 0.181 e. The maximum atomic E-state index is 11.3. The van der Waals surface area contributed by atoms with Gasteiger partial charge in [-0.05, 0) is 17.7 Å². The van der Waals surface area contributed by atoms with Crippen LogP contribution in [-0.2, 0) is 0 Å². The summed E-state index contributed by atoms with van der Waals surface area (Å²) in [6.45, 7) is 0. The fraction of sp³-hybridized carbons (Fsp3) is 0. The molecule has 0 aliphatic carbocycles. The van der Waals surface area contributed by atoms with Gasteiger partial charge in [-0.15, -0.1) is 24.0 Å². The lowest BCUT2D eigenvalue weighted by Gasteiger charge is -2.00. The second-order valence-corrected chi connectivity index (χ2v) is 5.79. The van der Waals surface area contributed by atoms with E-state index in [4.69, 9.17) is 0 Å². The summed E-state index contributed by atoms with van der Waals surface area (Å²) in [5.74, 6) is 0. The Morgan fingerprint density at radius 3 is 2.40 bits per heavy atom. The van der Waals surface area contributed by atoms with Gasteiger partial charge in [0.1, 0.15) is 0 Å². The second kappa shape index (κ2) is 4.51. The van der Waals surface area contributed by atoms with Crippen molar-refractivity contribution in [2.24, 2.45) is 0 Å². The van der Waals surface area contributed by atoms with Crippen LogP contribution in [-0.4, -0.2) is 0 Å². The Kier molecular flexibility index (Phi) is 3.29. The fourth-order valence-corrected chi connectivity index (χ4v) is 2.74. The molecular weight excluding hydrogens is 292 g/mol. The van der Waals surface area contributed by atoms with Gasteiger partial charge >= 0.3 is 0 Å². The molecule has 0 saturated carbocycles. The number of halogens is 1. The van der Waals surface area contributed by atoms with Crippen LogP contribution in [0.3, 0.4) is 0 Å². The van der Waals surface area contributed by atoms with Crippen LogP contribution in [0.1, 0.15) is 0 Å². The van der Waals surface area contributed by atoms with Gasteiger partial charge in [0.15, 0.2) is 5.43 Å². The predicted molar refractivity (Wildman–Crippen MR) is 71.0 cm³/mol. The summed E-state index contributed by atoms with van der Waals surface area (Å²) >= 11 is 9.08. The third-order valence-corrected chi connectivity index (χ3v) is 3.71. The van der Waals surface area contributed by atoms with Crippen molar-refractivity contribution in [1.82, 2.24) is 0 Å². The van der Waals surface area contributed by atoms with E-state index in [-0.39, 0.29) is 5.43 Å². The molecule has 0 saturated heterocycles. The lowest BCUT2D eigenvalue weighted by molar-refractivity contribution is 1.55. The number of hydrogen-bond donors (Lipinski definition) is 1. The molecule has 15 heavy (non-hydrogen) atoms. The van der Waals surface area contributed by atoms with Crippen molar-refractivity contribution < 1.29 is 0 Å². The molecule has 0 atom stereocenters. The molecule has 1 aromatic carbocycles. The first-order chi connectivity index (χ1) is 7.15. The van der Waals surface area contributed by atoms with E-state index in [1.54, 1.807) is 6.07 Å². The SMILES string of the molecule is O=c1cc(S)sc(-c2ccc(Br)cc2)c1. The molecule has 0 unspecified atom stereocenters. The van der Waals surface area contributed by atoms with Crippen molar-refractivity contribution in [1.29, 1.82) is 0 Å². The highest BCUT2D eigenvalue weighted by Gasteiger charge is 2.00. The molecule has 2 aromatic rings. The Labute approximate surface area is 105 Å². The highest BCUT2D eigenvalue weighted by atomic mass is 79.9. The van der Waals surface area contributed by atoms with Crippen LogP contribution in [0, 0.1) is 0 Å². The van der Waals surface area contributed by atoms with Gasteiger partial charge in [-0.25, -0.2) is 0 Å². The molecule has 1 heterocycles. The standard InChI is InChI=1S/C11H7BrOS2/c12-8-3-1-7(2-4-8)10-5-9(13)6-11(14)15-10/h1-6,14H. The monoisotopic (exact) mass is 298 g/mol. The first kappa shape index (κ1) is 10.9. The maximum absolute atomic E-state index is 11.3. The van der Waals surface area contributed by atoms with Gasteiger partial charge in [-0.3, -0.25) is 4.79 Å². The summed E-state index contributed by atoms with van der Waals surface area (Å²) < 4.78 is 1.76. The molecule has 0 aliphatic rings. The molecule has 4 heteroatoms. The van der Waals surface area contributed by atoms with Crippen LogP contribution < -0.4 is 5.43 Å². The molecule has 76 valence electrons. The second-order valence-electron chi connectivity index (χ2n) is 3.00. The zero-order valence-electron chi connectivity index (χ0n) is 7.61. The Hall–Kier alpha value is -0.580. The zero-order chi connectivity index (χ0) is 10.8. The summed E-state index contributed by atoms with van der Waals surface area (Å²) in [6.07, 6.45) is 0. The largest absolute Gasteiger partial charge is 0.290 e. The normalized spacial score (nSPS) is 10.3. The van der Waals surface area contributed by atoms with Crippen molar-refractivity contribution in [3.8, 4) is 10.4 Å². The minimum atomic E-state index is -0.00308. The van der Waals surface area contributed by atoms with Gasteiger partial charge in [0.25, 0.3) is 0 Å². The summed E-state index contributed by atoms with van der Waals surface area (Å²) in [5, 5.41) is 0. The number of thiol groups is 1. The first-order valence-corrected chi connectivity index (χ1v) is 6.31. The van der Waals surface area contributed by atoms with Crippen LogP contribution in [0.4, 0.5) is 0 Å². The summed E-state index contributed by atoms with van der Waals surface area (Å²) in [4.78, 5) is 12.2. The van der Waals surface area contributed by atoms with Crippen LogP contribution in [0.5, 0.6) is 0 Å². The van der Waals surface area contributed by atoms with Crippen LogP contribution in [0.25, 0.3) is 10.4 Å². The summed E-state index contributed by atoms with van der Waals surface area (Å²) in [6, 6.07) is 11.0. The number of hydrogen-bond acceptors (Lipinski definition) is 3. The molecule has 0 spiro atoms. The average Bonchev–Trinajstić information content (AvgIpc) is 2.17. The van der Waals surface area contributed by atoms with Crippen molar-refractivity contribution in [2.75, 3.05) is 0 Å². The van der Waals surface area contributed by atoms with Crippen LogP contribution >= 0.6 is 39.9 Å². The van der Waals surface area contributed by atoms with Gasteiger partial charge in [-0.1, -0.05) is 28.1 Å². The van der Waals surface area contributed by atoms with E-state index < -0.39 is 0 Å². The van der Waals surface area contributed by atoms with Gasteiger partial charge in [0, 0.05) is 21.5 Å². The van der Waals surface area contributed by atoms with E-state index in [2.05, 4.69) is 28.6 Å². The van der Waals surface area contributed by atoms with E-state index in [0.29, 0.717) is 0 Å². The predicted octanol–water partition coefficient (Wildman–Crippen LogP) is 3.83. The van der Waals surface area contributed by atoms with Crippen LogP contribution in [0.2, 0.25) is 0 Å². The molecule has 0 bridgehead atoms. The third-order valence-electron chi connectivity index (χ3n) is 1.88. The highest BCUT2D eigenvalue weighted by Crippen LogP contribution is 2.27. The minimum absolute atomic E-state index is 0.00308. The van der Waals surface area contributed by atoms with E-state index in [9.17, 15) is 4.79 Å². The van der Waals surface area contributed by atoms with E-state index in [0.717, 1.165) is 19.1 Å². The van der Waals surface area contributed by atoms with E-state index in [1.165, 1.54) is 17.4 Å². The van der Waals surface area contributed by atoms with E-state index >= 15 is 0 Å². The van der Waals surface area contributed by atoms with Gasteiger partial charge in [0.2, 0.25) is 0 Å². The average molecular weight is 299 g/mol. The molecule has 1 nitrogen and oxygen atoms in total. The molecule has 0 N–H and O–H groups in total. The van der Waals surface area contributed by atoms with Crippen molar-refractivity contribution in [3.63, 3.8) is 0 Å². The Bertz CT molecular complexity index is 531. The van der Waals surface area contributed by atoms with Gasteiger partial charge < -0.3 is 0 Å². The van der Waals surface area contributed by atoms with Crippen molar-refractivity contribution >= 4 is 39.9 Å². The number of benzene rings is 1. The molecule has 0 amide bonds. The van der Waals surface area contributed by atoms with E-state index in [1.807, 2.05) is 24.3 Å². The minimum Gasteiger partial charge on any atom is -0.290 e. The molecule has 1 aromatic heterocycles. The molecule has 2 rings (SSSR count). The number of rotatable bonds is 1. The van der Waals surface area contributed by atoms with Gasteiger partial charge in [0.05, 0.1) is 4.21 Å². The fourth-order valence-electron chi connectivity index (χ4n) is 1.22. The van der Waals surface area contributed by atoms with Crippen molar-refractivity contribution in [3.05, 3.63) is 51.1 Å². The van der Waals surface area contributed by atoms with Crippen molar-refractivity contribution in [2.45, 2.75) is 4.21 Å².